The van der Waals surface area contributed by atoms with E-state index in [0.717, 1.165) is 16.7 Å². The van der Waals surface area contributed by atoms with E-state index < -0.39 is 6.10 Å². The average molecular weight is 278 g/mol. The first kappa shape index (κ1) is 13.7. The van der Waals surface area contributed by atoms with Gasteiger partial charge in [0.1, 0.15) is 5.75 Å². The van der Waals surface area contributed by atoms with Gasteiger partial charge in [-0.1, -0.05) is 48.5 Å². The highest BCUT2D eigenvalue weighted by atomic mass is 16.5. The first-order valence-corrected chi connectivity index (χ1v) is 7.05. The first-order chi connectivity index (χ1) is 10.2. The number of benzene rings is 3. The van der Waals surface area contributed by atoms with Crippen LogP contribution in [0.4, 0.5) is 0 Å². The third kappa shape index (κ3) is 2.50. The fourth-order valence-electron chi connectivity index (χ4n) is 2.71. The third-order valence-corrected chi connectivity index (χ3v) is 3.78. The molecule has 0 aliphatic carbocycles. The fraction of sp³-hybridized carbons (Fsp3) is 0.158. The normalized spacial score (nSPS) is 12.3. The molecule has 2 heteroatoms. The van der Waals surface area contributed by atoms with Crippen molar-refractivity contribution in [1.29, 1.82) is 0 Å². The van der Waals surface area contributed by atoms with Gasteiger partial charge < -0.3 is 9.84 Å². The van der Waals surface area contributed by atoms with Gasteiger partial charge in [0, 0.05) is 5.56 Å². The molecule has 21 heavy (non-hydrogen) atoms. The Balaban J connectivity index is 2.21. The lowest BCUT2D eigenvalue weighted by Crippen LogP contribution is -1.97. The summed E-state index contributed by atoms with van der Waals surface area (Å²) in [5.74, 6) is 0.717. The van der Waals surface area contributed by atoms with Crippen LogP contribution >= 0.6 is 0 Å². The smallest absolute Gasteiger partial charge is 0.124 e. The van der Waals surface area contributed by atoms with E-state index in [1.807, 2.05) is 30.3 Å². The summed E-state index contributed by atoms with van der Waals surface area (Å²) < 4.78 is 5.32. The Bertz CT molecular complexity index is 770. The van der Waals surface area contributed by atoms with E-state index >= 15 is 0 Å². The molecule has 0 spiro atoms. The predicted octanol–water partition coefficient (Wildman–Crippen LogP) is 4.57. The maximum absolute atomic E-state index is 9.94. The molecule has 0 bridgehead atoms. The Kier molecular flexibility index (Phi) is 3.63. The molecule has 1 N–H and O–H groups in total. The maximum Gasteiger partial charge on any atom is 0.124 e. The largest absolute Gasteiger partial charge is 0.496 e. The van der Waals surface area contributed by atoms with Crippen molar-refractivity contribution in [3.8, 4) is 16.9 Å². The number of fused-ring (bicyclic) bond motifs is 1. The second-order valence-corrected chi connectivity index (χ2v) is 5.16. The Morgan fingerprint density at radius 2 is 1.71 bits per heavy atom. The van der Waals surface area contributed by atoms with Crippen LogP contribution in [0.25, 0.3) is 21.9 Å². The van der Waals surface area contributed by atoms with Crippen LogP contribution in [-0.2, 0) is 0 Å². The van der Waals surface area contributed by atoms with E-state index in [1.54, 1.807) is 14.0 Å². The lowest BCUT2D eigenvalue weighted by Gasteiger charge is -2.14. The number of rotatable bonds is 3. The molecule has 106 valence electrons. The molecule has 2 nitrogen and oxygen atoms in total. The summed E-state index contributed by atoms with van der Waals surface area (Å²) in [5, 5.41) is 12.4. The molecular formula is C19H18O2. The van der Waals surface area contributed by atoms with Crippen molar-refractivity contribution in [1.82, 2.24) is 0 Å². The summed E-state index contributed by atoms with van der Waals surface area (Å²) in [6, 6.07) is 20.6. The molecule has 0 unspecified atom stereocenters. The SMILES string of the molecule is COc1ccc(-c2cccc3ccccc23)cc1[C@H](C)O. The molecule has 3 aromatic rings. The van der Waals surface area contributed by atoms with Crippen molar-refractivity contribution >= 4 is 10.8 Å². The second-order valence-electron chi connectivity index (χ2n) is 5.16. The Labute approximate surface area is 124 Å². The number of methoxy groups -OCH3 is 1. The number of ether oxygens (including phenoxy) is 1. The van der Waals surface area contributed by atoms with Crippen LogP contribution in [0.2, 0.25) is 0 Å². The van der Waals surface area contributed by atoms with E-state index in [1.165, 1.54) is 10.8 Å². The minimum absolute atomic E-state index is 0.560. The fourth-order valence-corrected chi connectivity index (χ4v) is 2.71. The van der Waals surface area contributed by atoms with Crippen molar-refractivity contribution < 1.29 is 9.84 Å². The van der Waals surface area contributed by atoms with Crippen LogP contribution in [0.1, 0.15) is 18.6 Å². The van der Waals surface area contributed by atoms with E-state index in [0.29, 0.717) is 5.75 Å². The van der Waals surface area contributed by atoms with Crippen LogP contribution in [0.5, 0.6) is 5.75 Å². The zero-order valence-electron chi connectivity index (χ0n) is 12.2. The van der Waals surface area contributed by atoms with Crippen LogP contribution < -0.4 is 4.74 Å². The molecule has 3 rings (SSSR count). The van der Waals surface area contributed by atoms with Crippen molar-refractivity contribution in [2.75, 3.05) is 7.11 Å². The van der Waals surface area contributed by atoms with Crippen LogP contribution in [0, 0.1) is 0 Å². The van der Waals surface area contributed by atoms with Crippen molar-refractivity contribution in [2.24, 2.45) is 0 Å². The lowest BCUT2D eigenvalue weighted by atomic mass is 9.95. The molecule has 0 fully saturated rings. The van der Waals surface area contributed by atoms with E-state index in [2.05, 4.69) is 30.3 Å². The summed E-state index contributed by atoms with van der Waals surface area (Å²) in [5.41, 5.74) is 3.06. The Morgan fingerprint density at radius 1 is 0.952 bits per heavy atom. The number of aliphatic hydroxyl groups is 1. The summed E-state index contributed by atoms with van der Waals surface area (Å²) in [4.78, 5) is 0. The minimum Gasteiger partial charge on any atom is -0.496 e. The molecule has 0 saturated carbocycles. The zero-order chi connectivity index (χ0) is 14.8. The molecular weight excluding hydrogens is 260 g/mol. The molecule has 0 amide bonds. The first-order valence-electron chi connectivity index (χ1n) is 7.05. The number of hydrogen-bond donors (Lipinski definition) is 1. The van der Waals surface area contributed by atoms with Crippen molar-refractivity contribution in [3.05, 3.63) is 66.2 Å². The van der Waals surface area contributed by atoms with Gasteiger partial charge in [-0.05, 0) is 41.0 Å². The van der Waals surface area contributed by atoms with Crippen LogP contribution in [-0.4, -0.2) is 12.2 Å². The Morgan fingerprint density at radius 3 is 2.48 bits per heavy atom. The number of aliphatic hydroxyl groups excluding tert-OH is 1. The molecule has 3 aromatic carbocycles. The second kappa shape index (κ2) is 5.58. The monoisotopic (exact) mass is 278 g/mol. The summed E-state index contributed by atoms with van der Waals surface area (Å²) in [7, 11) is 1.62. The summed E-state index contributed by atoms with van der Waals surface area (Å²) in [6.07, 6.45) is -0.560. The van der Waals surface area contributed by atoms with Gasteiger partial charge in [-0.2, -0.15) is 0 Å². The van der Waals surface area contributed by atoms with Gasteiger partial charge in [-0.25, -0.2) is 0 Å². The molecule has 0 saturated heterocycles. The van der Waals surface area contributed by atoms with Gasteiger partial charge in [0.2, 0.25) is 0 Å². The van der Waals surface area contributed by atoms with Gasteiger partial charge in [-0.15, -0.1) is 0 Å². The summed E-state index contributed by atoms with van der Waals surface area (Å²) >= 11 is 0. The van der Waals surface area contributed by atoms with Crippen molar-refractivity contribution in [3.63, 3.8) is 0 Å². The Hall–Kier alpha value is -2.32. The highest BCUT2D eigenvalue weighted by Crippen LogP contribution is 2.33. The van der Waals surface area contributed by atoms with Gasteiger partial charge in [0.25, 0.3) is 0 Å². The van der Waals surface area contributed by atoms with E-state index in [-0.39, 0.29) is 0 Å². The van der Waals surface area contributed by atoms with Gasteiger partial charge in [-0.3, -0.25) is 0 Å². The van der Waals surface area contributed by atoms with Gasteiger partial charge in [0.05, 0.1) is 13.2 Å². The number of hydrogen-bond acceptors (Lipinski definition) is 2. The van der Waals surface area contributed by atoms with Crippen molar-refractivity contribution in [2.45, 2.75) is 13.0 Å². The molecule has 1 atom stereocenters. The van der Waals surface area contributed by atoms with Crippen LogP contribution in [0.3, 0.4) is 0 Å². The molecule has 0 aliphatic heterocycles. The molecule has 0 radical (unpaired) electrons. The predicted molar refractivity (Wildman–Crippen MR) is 86.6 cm³/mol. The third-order valence-electron chi connectivity index (χ3n) is 3.78. The van der Waals surface area contributed by atoms with Crippen LogP contribution in [0.15, 0.2) is 60.7 Å². The standard InChI is InChI=1S/C19H18O2/c1-13(20)18-12-15(10-11-19(18)21-2)17-9-5-7-14-6-3-4-8-16(14)17/h3-13,20H,1-2H3/t13-/m0/s1. The quantitative estimate of drug-likeness (QED) is 0.760. The zero-order valence-corrected chi connectivity index (χ0v) is 12.2. The molecule has 0 aliphatic rings. The summed E-state index contributed by atoms with van der Waals surface area (Å²) in [6.45, 7) is 1.75. The molecule has 0 heterocycles. The van der Waals surface area contributed by atoms with E-state index in [9.17, 15) is 5.11 Å². The maximum atomic E-state index is 9.94. The van der Waals surface area contributed by atoms with E-state index in [4.69, 9.17) is 4.74 Å². The average Bonchev–Trinajstić information content (AvgIpc) is 2.53. The lowest BCUT2D eigenvalue weighted by molar-refractivity contribution is 0.194. The molecule has 0 aromatic heterocycles. The topological polar surface area (TPSA) is 29.5 Å². The van der Waals surface area contributed by atoms with Gasteiger partial charge in [0.15, 0.2) is 0 Å². The highest BCUT2D eigenvalue weighted by molar-refractivity contribution is 5.96. The minimum atomic E-state index is -0.560. The van der Waals surface area contributed by atoms with Gasteiger partial charge >= 0.3 is 0 Å². The highest BCUT2D eigenvalue weighted by Gasteiger charge is 2.11.